The van der Waals surface area contributed by atoms with Gasteiger partial charge in [-0.2, -0.15) is 0 Å². The van der Waals surface area contributed by atoms with Gasteiger partial charge in [0.2, 0.25) is 0 Å². The monoisotopic (exact) mass is 184 g/mol. The Bertz CT molecular complexity index is 377. The lowest BCUT2D eigenvalue weighted by Crippen LogP contribution is -2.09. The summed E-state index contributed by atoms with van der Waals surface area (Å²) in [6, 6.07) is 10.9. The Morgan fingerprint density at radius 1 is 0.857 bits per heavy atom. The second-order valence-corrected chi connectivity index (χ2v) is 4.54. The van der Waals surface area contributed by atoms with E-state index in [-0.39, 0.29) is 0 Å². The molecule has 1 aromatic rings. The summed E-state index contributed by atoms with van der Waals surface area (Å²) in [5.74, 6) is 2.34. The third kappa shape index (κ3) is 0.747. The molecule has 5 atom stereocenters. The fourth-order valence-corrected chi connectivity index (χ4v) is 3.25. The zero-order valence-electron chi connectivity index (χ0n) is 7.84. The lowest BCUT2D eigenvalue weighted by Gasteiger charge is -2.10. The van der Waals surface area contributed by atoms with E-state index in [0.717, 1.165) is 17.8 Å². The lowest BCUT2D eigenvalue weighted by atomic mass is 10.1. The van der Waals surface area contributed by atoms with Crippen LogP contribution in [-0.4, -0.2) is 12.2 Å². The van der Waals surface area contributed by atoms with Crippen molar-refractivity contribution in [3.8, 4) is 0 Å². The van der Waals surface area contributed by atoms with Gasteiger partial charge in [-0.05, 0) is 11.5 Å². The van der Waals surface area contributed by atoms with Crippen LogP contribution in [0, 0.1) is 11.8 Å². The predicted molar refractivity (Wildman–Crippen MR) is 54.0 cm³/mol. The Balaban J connectivity index is 1.69. The molecule has 1 saturated heterocycles. The van der Waals surface area contributed by atoms with Gasteiger partial charge < -0.3 is 4.74 Å². The molecule has 14 heavy (non-hydrogen) atoms. The lowest BCUT2D eigenvalue weighted by molar-refractivity contribution is 0.0832. The molecule has 70 valence electrons. The van der Waals surface area contributed by atoms with Crippen LogP contribution in [0.15, 0.2) is 42.5 Å². The second-order valence-electron chi connectivity index (χ2n) is 4.54. The van der Waals surface area contributed by atoms with E-state index in [1.165, 1.54) is 5.56 Å². The van der Waals surface area contributed by atoms with Crippen molar-refractivity contribution in [1.29, 1.82) is 0 Å². The summed E-state index contributed by atoms with van der Waals surface area (Å²) in [7, 11) is 0. The van der Waals surface area contributed by atoms with Gasteiger partial charge in [-0.25, -0.2) is 0 Å². The zero-order chi connectivity index (χ0) is 9.12. The molecule has 0 spiro atoms. The van der Waals surface area contributed by atoms with E-state index < -0.39 is 0 Å². The van der Waals surface area contributed by atoms with Crippen molar-refractivity contribution in [1.82, 2.24) is 0 Å². The minimum atomic E-state index is 0.426. The molecule has 1 aromatic carbocycles. The average Bonchev–Trinajstić information content (AvgIpc) is 2.69. The Morgan fingerprint density at radius 2 is 1.50 bits per heavy atom. The van der Waals surface area contributed by atoms with Crippen LogP contribution in [0.2, 0.25) is 0 Å². The Morgan fingerprint density at radius 3 is 2.14 bits per heavy atom. The van der Waals surface area contributed by atoms with E-state index in [1.807, 2.05) is 0 Å². The first kappa shape index (κ1) is 7.24. The van der Waals surface area contributed by atoms with Gasteiger partial charge in [-0.15, -0.1) is 0 Å². The molecule has 4 rings (SSSR count). The summed E-state index contributed by atoms with van der Waals surface area (Å²) < 4.78 is 5.77. The van der Waals surface area contributed by atoms with Crippen molar-refractivity contribution >= 4 is 0 Å². The first-order chi connectivity index (χ1) is 6.95. The quantitative estimate of drug-likeness (QED) is 0.609. The Labute approximate surface area is 83.4 Å². The highest BCUT2D eigenvalue weighted by atomic mass is 16.5. The molecule has 0 N–H and O–H groups in total. The van der Waals surface area contributed by atoms with Crippen LogP contribution in [0.1, 0.15) is 11.5 Å². The van der Waals surface area contributed by atoms with Gasteiger partial charge in [0.25, 0.3) is 0 Å². The molecular weight excluding hydrogens is 172 g/mol. The van der Waals surface area contributed by atoms with Crippen molar-refractivity contribution < 1.29 is 4.74 Å². The van der Waals surface area contributed by atoms with E-state index in [1.54, 1.807) is 0 Å². The second kappa shape index (κ2) is 2.29. The summed E-state index contributed by atoms with van der Waals surface area (Å²) in [4.78, 5) is 0. The van der Waals surface area contributed by atoms with Gasteiger partial charge >= 0.3 is 0 Å². The zero-order valence-corrected chi connectivity index (χ0v) is 7.84. The maximum Gasteiger partial charge on any atom is 0.0803 e. The summed E-state index contributed by atoms with van der Waals surface area (Å²) in [5, 5.41) is 0. The van der Waals surface area contributed by atoms with Gasteiger partial charge in [0.15, 0.2) is 0 Å². The summed E-state index contributed by atoms with van der Waals surface area (Å²) in [5.41, 5.74) is 1.50. The summed E-state index contributed by atoms with van der Waals surface area (Å²) in [6.45, 7) is 0. The smallest absolute Gasteiger partial charge is 0.0803 e. The van der Waals surface area contributed by atoms with Crippen molar-refractivity contribution in [2.24, 2.45) is 11.8 Å². The maximum absolute atomic E-state index is 5.77. The molecule has 1 aliphatic carbocycles. The van der Waals surface area contributed by atoms with Crippen LogP contribution < -0.4 is 0 Å². The van der Waals surface area contributed by atoms with Gasteiger partial charge in [0.1, 0.15) is 0 Å². The number of benzene rings is 1. The molecule has 0 radical (unpaired) electrons. The highest BCUT2D eigenvalue weighted by molar-refractivity contribution is 5.37. The molecule has 2 bridgehead atoms. The van der Waals surface area contributed by atoms with Gasteiger partial charge in [0.05, 0.1) is 12.2 Å². The van der Waals surface area contributed by atoms with Crippen LogP contribution in [-0.2, 0) is 4.74 Å². The molecule has 1 saturated carbocycles. The predicted octanol–water partition coefficient (Wildman–Crippen LogP) is 2.35. The molecule has 0 amide bonds. The molecule has 0 aromatic heterocycles. The number of hydrogen-bond acceptors (Lipinski definition) is 1. The standard InChI is InChI=1S/C13H12O/c1-2-4-8(5-3-1)11-12-9-6-7-10(14-9)13(11)12/h1-7,9-13H/t9-,10+,11?,12+,13-. The van der Waals surface area contributed by atoms with Crippen LogP contribution in [0.3, 0.4) is 0 Å². The van der Waals surface area contributed by atoms with Crippen LogP contribution in [0.4, 0.5) is 0 Å². The molecule has 2 fully saturated rings. The average molecular weight is 184 g/mol. The molecule has 2 aliphatic heterocycles. The number of ether oxygens (including phenoxy) is 1. The minimum absolute atomic E-state index is 0.426. The Kier molecular flexibility index (Phi) is 1.18. The van der Waals surface area contributed by atoms with E-state index in [9.17, 15) is 0 Å². The Hall–Kier alpha value is -1.08. The van der Waals surface area contributed by atoms with Gasteiger partial charge in [-0.1, -0.05) is 42.5 Å². The molecular formula is C13H12O. The fraction of sp³-hybridized carbons (Fsp3) is 0.385. The van der Waals surface area contributed by atoms with E-state index in [4.69, 9.17) is 4.74 Å². The topological polar surface area (TPSA) is 9.23 Å². The number of hydrogen-bond donors (Lipinski definition) is 0. The fourth-order valence-electron chi connectivity index (χ4n) is 3.25. The SMILES string of the molecule is C1=C[C@H]2O[C@@H]1[C@@H]1C(c3ccccc3)[C@@H]12. The highest BCUT2D eigenvalue weighted by Gasteiger charge is 2.65. The first-order valence-corrected chi connectivity index (χ1v) is 5.34. The summed E-state index contributed by atoms with van der Waals surface area (Å²) in [6.07, 6.45) is 5.34. The maximum atomic E-state index is 5.77. The largest absolute Gasteiger partial charge is 0.366 e. The molecule has 2 heterocycles. The van der Waals surface area contributed by atoms with Crippen molar-refractivity contribution in [2.75, 3.05) is 0 Å². The van der Waals surface area contributed by atoms with E-state index in [2.05, 4.69) is 42.5 Å². The first-order valence-electron chi connectivity index (χ1n) is 5.34. The highest BCUT2D eigenvalue weighted by Crippen LogP contribution is 2.65. The van der Waals surface area contributed by atoms with Gasteiger partial charge in [-0.3, -0.25) is 0 Å². The molecule has 1 nitrogen and oxygen atoms in total. The van der Waals surface area contributed by atoms with E-state index in [0.29, 0.717) is 12.2 Å². The molecule has 1 unspecified atom stereocenters. The van der Waals surface area contributed by atoms with E-state index >= 15 is 0 Å². The number of fused-ring (bicyclic) bond motifs is 5. The van der Waals surface area contributed by atoms with Crippen LogP contribution in [0.25, 0.3) is 0 Å². The third-order valence-electron chi connectivity index (χ3n) is 3.88. The summed E-state index contributed by atoms with van der Waals surface area (Å²) >= 11 is 0. The van der Waals surface area contributed by atoms with Gasteiger partial charge in [0, 0.05) is 11.8 Å². The van der Waals surface area contributed by atoms with Crippen LogP contribution in [0.5, 0.6) is 0 Å². The van der Waals surface area contributed by atoms with Crippen molar-refractivity contribution in [3.05, 3.63) is 48.0 Å². The van der Waals surface area contributed by atoms with Crippen LogP contribution >= 0.6 is 0 Å². The number of rotatable bonds is 1. The minimum Gasteiger partial charge on any atom is -0.366 e. The van der Waals surface area contributed by atoms with Crippen molar-refractivity contribution in [2.45, 2.75) is 18.1 Å². The third-order valence-corrected chi connectivity index (χ3v) is 3.88. The molecule has 1 heteroatoms. The molecule has 3 aliphatic rings. The normalized spacial score (nSPS) is 46.7. The van der Waals surface area contributed by atoms with Crippen molar-refractivity contribution in [3.63, 3.8) is 0 Å².